The second kappa shape index (κ2) is 8.47. The second-order valence-corrected chi connectivity index (χ2v) is 5.80. The van der Waals surface area contributed by atoms with Gasteiger partial charge in [-0.1, -0.05) is 42.5 Å². The van der Waals surface area contributed by atoms with E-state index in [1.54, 1.807) is 12.1 Å². The lowest BCUT2D eigenvalue weighted by Gasteiger charge is -2.10. The summed E-state index contributed by atoms with van der Waals surface area (Å²) in [5, 5.41) is 2.54. The fourth-order valence-corrected chi connectivity index (χ4v) is 2.46. The van der Waals surface area contributed by atoms with E-state index in [2.05, 4.69) is 10.1 Å². The molecule has 0 heterocycles. The molecule has 3 rings (SSSR count). The number of benzene rings is 3. The molecule has 0 spiro atoms. The maximum Gasteiger partial charge on any atom is 0.573 e. The first kappa shape index (κ1) is 19.3. The molecule has 0 unspecified atom stereocenters. The minimum atomic E-state index is -4.76. The Balaban J connectivity index is 1.50. The van der Waals surface area contributed by atoms with Crippen LogP contribution in [0.1, 0.15) is 0 Å². The van der Waals surface area contributed by atoms with Crippen LogP contribution in [0.5, 0.6) is 11.5 Å². The van der Waals surface area contributed by atoms with Gasteiger partial charge in [0.25, 0.3) is 5.91 Å². The Morgan fingerprint density at radius 2 is 1.36 bits per heavy atom. The summed E-state index contributed by atoms with van der Waals surface area (Å²) in [5.41, 5.74) is 2.44. The number of hydrogen-bond acceptors (Lipinski definition) is 3. The minimum Gasteiger partial charge on any atom is -0.484 e. The van der Waals surface area contributed by atoms with Crippen molar-refractivity contribution in [3.8, 4) is 22.6 Å². The van der Waals surface area contributed by atoms with Crippen LogP contribution in [0.2, 0.25) is 0 Å². The number of ether oxygens (including phenoxy) is 2. The lowest BCUT2D eigenvalue weighted by Crippen LogP contribution is -2.20. The third-order valence-electron chi connectivity index (χ3n) is 3.70. The number of nitrogens with one attached hydrogen (secondary N) is 1. The summed E-state index contributed by atoms with van der Waals surface area (Å²) in [6, 6.07) is 22.0. The predicted molar refractivity (Wildman–Crippen MR) is 99.1 cm³/mol. The number of carbonyl (C=O) groups is 1. The van der Waals surface area contributed by atoms with E-state index in [0.717, 1.165) is 23.3 Å². The van der Waals surface area contributed by atoms with E-state index in [-0.39, 0.29) is 12.4 Å². The molecule has 1 N–H and O–H groups in total. The molecule has 0 aromatic heterocycles. The molecule has 0 bridgehead atoms. The normalized spacial score (nSPS) is 11.0. The Hall–Kier alpha value is -3.48. The molecular weight excluding hydrogens is 371 g/mol. The highest BCUT2D eigenvalue weighted by Crippen LogP contribution is 2.24. The molecule has 0 aliphatic heterocycles. The molecule has 4 nitrogen and oxygen atoms in total. The van der Waals surface area contributed by atoms with Crippen molar-refractivity contribution in [3.05, 3.63) is 78.9 Å². The standard InChI is InChI=1S/C21H16F3NO3/c22-21(23,24)28-19-12-8-17(9-13-19)25-20(26)14-27-18-10-6-16(7-11-18)15-4-2-1-3-5-15/h1-13H,14H2,(H,25,26). The Morgan fingerprint density at radius 3 is 1.96 bits per heavy atom. The Morgan fingerprint density at radius 1 is 0.786 bits per heavy atom. The van der Waals surface area contributed by atoms with E-state index >= 15 is 0 Å². The molecular formula is C21H16F3NO3. The van der Waals surface area contributed by atoms with E-state index in [9.17, 15) is 18.0 Å². The third-order valence-corrected chi connectivity index (χ3v) is 3.70. The summed E-state index contributed by atoms with van der Waals surface area (Å²) in [7, 11) is 0. The monoisotopic (exact) mass is 387 g/mol. The Kier molecular flexibility index (Phi) is 5.84. The van der Waals surface area contributed by atoms with Crippen molar-refractivity contribution in [3.63, 3.8) is 0 Å². The average molecular weight is 387 g/mol. The summed E-state index contributed by atoms with van der Waals surface area (Å²) >= 11 is 0. The zero-order valence-corrected chi connectivity index (χ0v) is 14.6. The van der Waals surface area contributed by atoms with Crippen molar-refractivity contribution in [2.45, 2.75) is 6.36 Å². The molecule has 0 fully saturated rings. The number of rotatable bonds is 6. The van der Waals surface area contributed by atoms with E-state index in [1.165, 1.54) is 12.1 Å². The van der Waals surface area contributed by atoms with Crippen molar-refractivity contribution in [2.24, 2.45) is 0 Å². The number of halogens is 3. The lowest BCUT2D eigenvalue weighted by atomic mass is 10.1. The van der Waals surface area contributed by atoms with Crippen molar-refractivity contribution in [1.29, 1.82) is 0 Å². The largest absolute Gasteiger partial charge is 0.573 e. The van der Waals surface area contributed by atoms with Crippen LogP contribution in [0.15, 0.2) is 78.9 Å². The van der Waals surface area contributed by atoms with Gasteiger partial charge >= 0.3 is 6.36 Å². The summed E-state index contributed by atoms with van der Waals surface area (Å²) < 4.78 is 45.6. The number of anilines is 1. The van der Waals surface area contributed by atoms with Gasteiger partial charge in [0.2, 0.25) is 0 Å². The number of alkyl halides is 3. The van der Waals surface area contributed by atoms with Crippen molar-refractivity contribution in [1.82, 2.24) is 0 Å². The van der Waals surface area contributed by atoms with Crippen molar-refractivity contribution in [2.75, 3.05) is 11.9 Å². The zero-order valence-electron chi connectivity index (χ0n) is 14.6. The first-order valence-electron chi connectivity index (χ1n) is 8.33. The molecule has 0 saturated heterocycles. The van der Waals surface area contributed by atoms with E-state index in [4.69, 9.17) is 4.74 Å². The molecule has 1 amide bonds. The van der Waals surface area contributed by atoms with Gasteiger partial charge < -0.3 is 14.8 Å². The highest BCUT2D eigenvalue weighted by atomic mass is 19.4. The maximum atomic E-state index is 12.1. The molecule has 3 aromatic rings. The van der Waals surface area contributed by atoms with Gasteiger partial charge in [0.15, 0.2) is 6.61 Å². The molecule has 28 heavy (non-hydrogen) atoms. The SMILES string of the molecule is O=C(COc1ccc(-c2ccccc2)cc1)Nc1ccc(OC(F)(F)F)cc1. The van der Waals surface area contributed by atoms with Gasteiger partial charge in [0, 0.05) is 5.69 Å². The van der Waals surface area contributed by atoms with Gasteiger partial charge in [-0.15, -0.1) is 13.2 Å². The van der Waals surface area contributed by atoms with Gasteiger partial charge in [-0.25, -0.2) is 0 Å². The van der Waals surface area contributed by atoms with Crippen LogP contribution >= 0.6 is 0 Å². The van der Waals surface area contributed by atoms with Crippen LogP contribution in [0.25, 0.3) is 11.1 Å². The molecule has 0 aliphatic carbocycles. The van der Waals surface area contributed by atoms with Crippen molar-refractivity contribution >= 4 is 11.6 Å². The quantitative estimate of drug-likeness (QED) is 0.627. The summed E-state index contributed by atoms with van der Waals surface area (Å²) in [6.45, 7) is -0.231. The predicted octanol–water partition coefficient (Wildman–Crippen LogP) is 5.27. The Bertz CT molecular complexity index is 908. The molecule has 3 aromatic carbocycles. The minimum absolute atomic E-state index is 0.231. The number of amides is 1. The van der Waals surface area contributed by atoms with Crippen LogP contribution in [0.4, 0.5) is 18.9 Å². The first-order chi connectivity index (χ1) is 13.4. The van der Waals surface area contributed by atoms with Crippen LogP contribution in [0, 0.1) is 0 Å². The van der Waals surface area contributed by atoms with Gasteiger partial charge in [-0.05, 0) is 47.5 Å². The molecule has 0 atom stereocenters. The summed E-state index contributed by atoms with van der Waals surface area (Å²) in [5.74, 6) is -0.263. The fraction of sp³-hybridized carbons (Fsp3) is 0.0952. The first-order valence-corrected chi connectivity index (χ1v) is 8.33. The Labute approximate surface area is 159 Å². The average Bonchev–Trinajstić information content (AvgIpc) is 2.68. The van der Waals surface area contributed by atoms with Crippen LogP contribution in [-0.2, 0) is 4.79 Å². The highest BCUT2D eigenvalue weighted by Gasteiger charge is 2.30. The molecule has 7 heteroatoms. The van der Waals surface area contributed by atoms with Gasteiger partial charge in [0.1, 0.15) is 11.5 Å². The van der Waals surface area contributed by atoms with E-state index in [0.29, 0.717) is 11.4 Å². The summed E-state index contributed by atoms with van der Waals surface area (Å²) in [6.07, 6.45) is -4.76. The van der Waals surface area contributed by atoms with Crippen LogP contribution in [-0.4, -0.2) is 18.9 Å². The summed E-state index contributed by atoms with van der Waals surface area (Å²) in [4.78, 5) is 11.9. The molecule has 0 radical (unpaired) electrons. The van der Waals surface area contributed by atoms with Gasteiger partial charge in [-0.3, -0.25) is 4.79 Å². The molecule has 0 aliphatic rings. The fourth-order valence-electron chi connectivity index (χ4n) is 2.46. The van der Waals surface area contributed by atoms with Crippen LogP contribution in [0.3, 0.4) is 0 Å². The lowest BCUT2D eigenvalue weighted by molar-refractivity contribution is -0.274. The van der Waals surface area contributed by atoms with E-state index < -0.39 is 12.3 Å². The maximum absolute atomic E-state index is 12.1. The van der Waals surface area contributed by atoms with Gasteiger partial charge in [0.05, 0.1) is 0 Å². The van der Waals surface area contributed by atoms with E-state index in [1.807, 2.05) is 42.5 Å². The second-order valence-electron chi connectivity index (χ2n) is 5.80. The zero-order chi connectivity index (χ0) is 20.0. The number of carbonyl (C=O) groups excluding carboxylic acids is 1. The smallest absolute Gasteiger partial charge is 0.484 e. The topological polar surface area (TPSA) is 47.6 Å². The van der Waals surface area contributed by atoms with Gasteiger partial charge in [-0.2, -0.15) is 0 Å². The highest BCUT2D eigenvalue weighted by molar-refractivity contribution is 5.91. The van der Waals surface area contributed by atoms with Crippen LogP contribution < -0.4 is 14.8 Å². The number of hydrogen-bond donors (Lipinski definition) is 1. The molecule has 144 valence electrons. The van der Waals surface area contributed by atoms with Crippen molar-refractivity contribution < 1.29 is 27.4 Å². The molecule has 0 saturated carbocycles. The third kappa shape index (κ3) is 5.77.